The second kappa shape index (κ2) is 9.75. The minimum absolute atomic E-state index is 0.0771. The third-order valence-electron chi connectivity index (χ3n) is 5.46. The Morgan fingerprint density at radius 1 is 1.27 bits per heavy atom. The number of halogens is 1. The van der Waals surface area contributed by atoms with E-state index in [0.29, 0.717) is 35.6 Å². The van der Waals surface area contributed by atoms with Crippen LogP contribution in [0.3, 0.4) is 0 Å². The highest BCUT2D eigenvalue weighted by Crippen LogP contribution is 2.32. The maximum absolute atomic E-state index is 13.3. The van der Waals surface area contributed by atoms with Crippen molar-refractivity contribution in [2.75, 3.05) is 25.0 Å². The van der Waals surface area contributed by atoms with Crippen LogP contribution in [0.25, 0.3) is 11.6 Å². The second-order valence-electron chi connectivity index (χ2n) is 7.77. The van der Waals surface area contributed by atoms with Gasteiger partial charge in [0.05, 0.1) is 17.7 Å². The van der Waals surface area contributed by atoms with E-state index in [9.17, 15) is 8.42 Å². The van der Waals surface area contributed by atoms with E-state index in [2.05, 4.69) is 24.9 Å². The van der Waals surface area contributed by atoms with Gasteiger partial charge in [-0.15, -0.1) is 10.2 Å². The normalized spacial score (nSPS) is 18.7. The number of aryl methyl sites for hydroxylation is 1. The third kappa shape index (κ3) is 5.03. The number of aromatic nitrogens is 5. The molecule has 0 aromatic carbocycles. The van der Waals surface area contributed by atoms with E-state index >= 15 is 0 Å². The Bertz CT molecular complexity index is 1190. The molecule has 3 aromatic rings. The van der Waals surface area contributed by atoms with E-state index in [4.69, 9.17) is 25.5 Å². The molecule has 13 heteroatoms. The van der Waals surface area contributed by atoms with Gasteiger partial charge in [0.15, 0.2) is 11.6 Å². The first-order chi connectivity index (χ1) is 15.8. The van der Waals surface area contributed by atoms with E-state index in [0.717, 1.165) is 12.8 Å². The summed E-state index contributed by atoms with van der Waals surface area (Å²) in [6, 6.07) is 3.44. The van der Waals surface area contributed by atoms with Crippen LogP contribution < -0.4 is 4.72 Å². The Kier molecular flexibility index (Phi) is 6.98. The summed E-state index contributed by atoms with van der Waals surface area (Å²) in [5, 5.41) is 7.64. The molecule has 4 rings (SSSR count). The van der Waals surface area contributed by atoms with Crippen LogP contribution in [0.2, 0.25) is 5.02 Å². The predicted octanol–water partition coefficient (Wildman–Crippen LogP) is 3.16. The van der Waals surface area contributed by atoms with Gasteiger partial charge >= 0.3 is 0 Å². The molecular weight excluding hydrogens is 472 g/mol. The molecule has 11 nitrogen and oxygen atoms in total. The molecule has 0 amide bonds. The van der Waals surface area contributed by atoms with Crippen molar-refractivity contribution in [1.29, 1.82) is 0 Å². The standard InChI is InChI=1S/C20H25ClN6O5S/c1-12-6-7-16(32-12)19-24-25-20(27(19)15-5-4-8-31-11-15)26-33(28,29)13(2)17(30-3)18-22-9-14(21)10-23-18/h6-7,9-10,13,15,17H,4-5,8,11H2,1-3H3,(H,25,26)/t13-,15+,17-/m0/s1. The molecule has 0 unspecified atom stereocenters. The zero-order valence-corrected chi connectivity index (χ0v) is 20.0. The molecule has 1 saturated heterocycles. The van der Waals surface area contributed by atoms with Gasteiger partial charge in [-0.2, -0.15) is 0 Å². The van der Waals surface area contributed by atoms with E-state index in [-0.39, 0.29) is 17.8 Å². The van der Waals surface area contributed by atoms with E-state index in [1.807, 2.05) is 13.0 Å². The highest BCUT2D eigenvalue weighted by atomic mass is 35.5. The van der Waals surface area contributed by atoms with Gasteiger partial charge in [-0.3, -0.25) is 9.29 Å². The van der Waals surface area contributed by atoms with Crippen LogP contribution in [0, 0.1) is 6.92 Å². The molecule has 1 N–H and O–H groups in total. The third-order valence-corrected chi connectivity index (χ3v) is 7.34. The summed E-state index contributed by atoms with van der Waals surface area (Å²) in [5.74, 6) is 1.91. The summed E-state index contributed by atoms with van der Waals surface area (Å²) in [4.78, 5) is 8.21. The molecule has 0 radical (unpaired) electrons. The van der Waals surface area contributed by atoms with Crippen molar-refractivity contribution in [1.82, 2.24) is 24.7 Å². The fraction of sp³-hybridized carbons (Fsp3) is 0.500. The highest BCUT2D eigenvalue weighted by molar-refractivity contribution is 7.93. The first kappa shape index (κ1) is 23.6. The van der Waals surface area contributed by atoms with Crippen molar-refractivity contribution in [3.63, 3.8) is 0 Å². The maximum atomic E-state index is 13.3. The SMILES string of the molecule is CO[C@H](c1ncc(Cl)cn1)[C@H](C)S(=O)(=O)Nc1nnc(-c2ccc(C)o2)n1[C@@H]1CCCOC1. The minimum atomic E-state index is -3.99. The summed E-state index contributed by atoms with van der Waals surface area (Å²) < 4.78 is 47.7. The van der Waals surface area contributed by atoms with Gasteiger partial charge in [-0.1, -0.05) is 11.6 Å². The Labute approximate surface area is 196 Å². The number of nitrogens with one attached hydrogen (secondary N) is 1. The smallest absolute Gasteiger partial charge is 0.240 e. The van der Waals surface area contributed by atoms with Crippen molar-refractivity contribution >= 4 is 27.6 Å². The fourth-order valence-corrected chi connectivity index (χ4v) is 4.95. The molecule has 0 spiro atoms. The topological polar surface area (TPSA) is 134 Å². The van der Waals surface area contributed by atoms with Crippen LogP contribution in [0.15, 0.2) is 28.9 Å². The lowest BCUT2D eigenvalue weighted by Gasteiger charge is -2.26. The molecule has 3 aromatic heterocycles. The van der Waals surface area contributed by atoms with Crippen LogP contribution in [0.1, 0.15) is 43.5 Å². The zero-order valence-electron chi connectivity index (χ0n) is 18.4. The van der Waals surface area contributed by atoms with Gasteiger partial charge in [-0.05, 0) is 38.8 Å². The Balaban J connectivity index is 1.66. The van der Waals surface area contributed by atoms with Crippen LogP contribution >= 0.6 is 11.6 Å². The van der Waals surface area contributed by atoms with Gasteiger partial charge < -0.3 is 13.9 Å². The van der Waals surface area contributed by atoms with Crippen molar-refractivity contribution in [3.05, 3.63) is 41.1 Å². The fourth-order valence-electron chi connectivity index (χ4n) is 3.72. The molecule has 4 heterocycles. The quantitative estimate of drug-likeness (QED) is 0.498. The summed E-state index contributed by atoms with van der Waals surface area (Å²) in [6.07, 6.45) is 3.47. The monoisotopic (exact) mass is 496 g/mol. The number of hydrogen-bond donors (Lipinski definition) is 1. The molecule has 178 valence electrons. The Morgan fingerprint density at radius 2 is 2.03 bits per heavy atom. The average Bonchev–Trinajstić information content (AvgIpc) is 3.41. The molecule has 1 fully saturated rings. The van der Waals surface area contributed by atoms with Gasteiger partial charge in [-0.25, -0.2) is 18.4 Å². The summed E-state index contributed by atoms with van der Waals surface area (Å²) >= 11 is 5.85. The molecule has 3 atom stereocenters. The molecule has 0 saturated carbocycles. The zero-order chi connectivity index (χ0) is 23.6. The molecule has 33 heavy (non-hydrogen) atoms. The van der Waals surface area contributed by atoms with Gasteiger partial charge in [0, 0.05) is 26.1 Å². The van der Waals surface area contributed by atoms with Crippen molar-refractivity contribution in [2.24, 2.45) is 0 Å². The summed E-state index contributed by atoms with van der Waals surface area (Å²) in [7, 11) is -2.59. The molecule has 0 aliphatic carbocycles. The van der Waals surface area contributed by atoms with Gasteiger partial charge in [0.25, 0.3) is 0 Å². The van der Waals surface area contributed by atoms with Gasteiger partial charge in [0.1, 0.15) is 17.1 Å². The van der Waals surface area contributed by atoms with Crippen molar-refractivity contribution < 1.29 is 22.3 Å². The van der Waals surface area contributed by atoms with Crippen molar-refractivity contribution in [3.8, 4) is 11.6 Å². The molecular formula is C20H25ClN6O5S. The number of ether oxygens (including phenoxy) is 2. The lowest BCUT2D eigenvalue weighted by Crippen LogP contribution is -2.34. The number of hydrogen-bond acceptors (Lipinski definition) is 9. The Morgan fingerprint density at radius 3 is 2.64 bits per heavy atom. The lowest BCUT2D eigenvalue weighted by atomic mass is 10.1. The molecule has 1 aliphatic heterocycles. The van der Waals surface area contributed by atoms with Crippen LogP contribution in [-0.2, 0) is 19.5 Å². The first-order valence-corrected chi connectivity index (χ1v) is 12.3. The highest BCUT2D eigenvalue weighted by Gasteiger charge is 2.35. The number of anilines is 1. The Hall–Kier alpha value is -2.54. The molecule has 0 bridgehead atoms. The van der Waals surface area contributed by atoms with Crippen molar-refractivity contribution in [2.45, 2.75) is 44.1 Å². The number of methoxy groups -OCH3 is 1. The van der Waals surface area contributed by atoms with Crippen LogP contribution in [-0.4, -0.2) is 58.7 Å². The first-order valence-electron chi connectivity index (χ1n) is 10.4. The minimum Gasteiger partial charge on any atom is -0.458 e. The number of nitrogens with zero attached hydrogens (tertiary/aromatic N) is 5. The number of furan rings is 1. The van der Waals surface area contributed by atoms with E-state index in [1.165, 1.54) is 26.4 Å². The van der Waals surface area contributed by atoms with Gasteiger partial charge in [0.2, 0.25) is 21.8 Å². The van der Waals surface area contributed by atoms with E-state index in [1.54, 1.807) is 10.6 Å². The summed E-state index contributed by atoms with van der Waals surface area (Å²) in [5.41, 5.74) is 0. The largest absolute Gasteiger partial charge is 0.458 e. The average molecular weight is 497 g/mol. The van der Waals surface area contributed by atoms with Crippen LogP contribution in [0.4, 0.5) is 5.95 Å². The number of rotatable bonds is 8. The maximum Gasteiger partial charge on any atom is 0.240 e. The van der Waals surface area contributed by atoms with E-state index < -0.39 is 21.4 Å². The number of sulfonamides is 1. The second-order valence-corrected chi connectivity index (χ2v) is 10.2. The van der Waals surface area contributed by atoms with Crippen LogP contribution in [0.5, 0.6) is 0 Å². The lowest BCUT2D eigenvalue weighted by molar-refractivity contribution is 0.0601. The summed E-state index contributed by atoms with van der Waals surface area (Å²) in [6.45, 7) is 4.40. The predicted molar refractivity (Wildman–Crippen MR) is 120 cm³/mol. The molecule has 1 aliphatic rings.